The molecular weight excluding hydrogens is 248 g/mol. The lowest BCUT2D eigenvalue weighted by Crippen LogP contribution is -2.50. The van der Waals surface area contributed by atoms with Crippen molar-refractivity contribution in [3.8, 4) is 0 Å². The molecule has 0 aromatic rings. The summed E-state index contributed by atoms with van der Waals surface area (Å²) in [6.07, 6.45) is 8.59. The highest BCUT2D eigenvalue weighted by molar-refractivity contribution is 8.00. The molecule has 1 heterocycles. The molecule has 1 saturated heterocycles. The van der Waals surface area contributed by atoms with Gasteiger partial charge in [0.25, 0.3) is 0 Å². The average molecular weight is 272 g/mol. The van der Waals surface area contributed by atoms with Crippen LogP contribution in [0.4, 0.5) is 4.79 Å². The zero-order valence-corrected chi connectivity index (χ0v) is 12.1. The van der Waals surface area contributed by atoms with E-state index in [1.807, 2.05) is 16.7 Å². The number of hydrogen-bond acceptors (Lipinski definition) is 3. The number of morpholine rings is 1. The predicted octanol–water partition coefficient (Wildman–Crippen LogP) is 2.09. The smallest absolute Gasteiger partial charge is 0.317 e. The van der Waals surface area contributed by atoms with Crippen LogP contribution in [-0.4, -0.2) is 54.8 Å². The number of carbonyl (C=O) groups excluding carboxylic acids is 1. The Morgan fingerprint density at radius 3 is 2.56 bits per heavy atom. The monoisotopic (exact) mass is 272 g/mol. The highest BCUT2D eigenvalue weighted by Crippen LogP contribution is 2.37. The van der Waals surface area contributed by atoms with Crippen LogP contribution in [0.3, 0.4) is 0 Å². The van der Waals surface area contributed by atoms with Crippen LogP contribution >= 0.6 is 11.8 Å². The molecular formula is C13H24N2O2S. The number of ether oxygens (including phenoxy) is 1. The third-order valence-electron chi connectivity index (χ3n) is 4.06. The van der Waals surface area contributed by atoms with Crippen LogP contribution in [0.5, 0.6) is 0 Å². The fourth-order valence-electron chi connectivity index (χ4n) is 2.76. The first kappa shape index (κ1) is 14.0. The summed E-state index contributed by atoms with van der Waals surface area (Å²) >= 11 is 1.92. The zero-order valence-electron chi connectivity index (χ0n) is 11.2. The van der Waals surface area contributed by atoms with Crippen molar-refractivity contribution in [1.82, 2.24) is 10.2 Å². The molecule has 0 unspecified atom stereocenters. The first-order valence-corrected chi connectivity index (χ1v) is 8.14. The molecule has 2 aliphatic rings. The maximum atomic E-state index is 12.0. The van der Waals surface area contributed by atoms with E-state index in [1.165, 1.54) is 32.1 Å². The van der Waals surface area contributed by atoms with Crippen molar-refractivity contribution >= 4 is 17.8 Å². The summed E-state index contributed by atoms with van der Waals surface area (Å²) in [7, 11) is 0. The van der Waals surface area contributed by atoms with Gasteiger partial charge in [0.1, 0.15) is 0 Å². The topological polar surface area (TPSA) is 41.6 Å². The van der Waals surface area contributed by atoms with Gasteiger partial charge in [0.2, 0.25) is 0 Å². The van der Waals surface area contributed by atoms with E-state index >= 15 is 0 Å². The van der Waals surface area contributed by atoms with Crippen LogP contribution in [0.15, 0.2) is 0 Å². The summed E-state index contributed by atoms with van der Waals surface area (Å²) in [6, 6.07) is 0.0808. The first-order valence-electron chi connectivity index (χ1n) is 6.91. The molecule has 0 bridgehead atoms. The van der Waals surface area contributed by atoms with Gasteiger partial charge in [-0.15, -0.1) is 0 Å². The second kappa shape index (κ2) is 6.66. The molecule has 0 radical (unpaired) electrons. The van der Waals surface area contributed by atoms with Crippen molar-refractivity contribution < 1.29 is 9.53 Å². The standard InChI is InChI=1S/C13H24N2O2S/c1-18-13(5-3-2-4-6-13)11-14-12(16)15-7-9-17-10-8-15/h2-11H2,1H3,(H,14,16). The Bertz CT molecular complexity index is 274. The minimum Gasteiger partial charge on any atom is -0.378 e. The van der Waals surface area contributed by atoms with Crippen LogP contribution in [-0.2, 0) is 4.74 Å². The van der Waals surface area contributed by atoms with Crippen LogP contribution < -0.4 is 5.32 Å². The molecule has 1 aliphatic carbocycles. The number of carbonyl (C=O) groups is 1. The molecule has 18 heavy (non-hydrogen) atoms. The van der Waals surface area contributed by atoms with Crippen molar-refractivity contribution in [2.45, 2.75) is 36.9 Å². The van der Waals surface area contributed by atoms with Gasteiger partial charge in [-0.2, -0.15) is 11.8 Å². The van der Waals surface area contributed by atoms with E-state index in [1.54, 1.807) is 0 Å². The largest absolute Gasteiger partial charge is 0.378 e. The first-order chi connectivity index (χ1) is 8.76. The Morgan fingerprint density at radius 1 is 1.28 bits per heavy atom. The van der Waals surface area contributed by atoms with Gasteiger partial charge in [0, 0.05) is 24.4 Å². The lowest BCUT2D eigenvalue weighted by Gasteiger charge is -2.37. The number of nitrogens with zero attached hydrogens (tertiary/aromatic N) is 1. The molecule has 1 aliphatic heterocycles. The normalized spacial score (nSPS) is 23.7. The Labute approximate surface area is 114 Å². The van der Waals surface area contributed by atoms with Gasteiger partial charge in [0.15, 0.2) is 0 Å². The van der Waals surface area contributed by atoms with Crippen molar-refractivity contribution in [2.75, 3.05) is 39.1 Å². The van der Waals surface area contributed by atoms with E-state index in [9.17, 15) is 4.79 Å². The van der Waals surface area contributed by atoms with Gasteiger partial charge in [-0.25, -0.2) is 4.79 Å². The number of hydrogen-bond donors (Lipinski definition) is 1. The van der Waals surface area contributed by atoms with Crippen LogP contribution in [0.1, 0.15) is 32.1 Å². The molecule has 5 heteroatoms. The minimum atomic E-state index is 0.0808. The molecule has 4 nitrogen and oxygen atoms in total. The second-order valence-corrected chi connectivity index (χ2v) is 6.48. The summed E-state index contributed by atoms with van der Waals surface area (Å²) < 4.78 is 5.54. The number of urea groups is 1. The Morgan fingerprint density at radius 2 is 1.94 bits per heavy atom. The van der Waals surface area contributed by atoms with Gasteiger partial charge >= 0.3 is 6.03 Å². The highest BCUT2D eigenvalue weighted by Gasteiger charge is 2.32. The van der Waals surface area contributed by atoms with Crippen molar-refractivity contribution in [1.29, 1.82) is 0 Å². The summed E-state index contributed by atoms with van der Waals surface area (Å²) in [4.78, 5) is 13.9. The maximum absolute atomic E-state index is 12.0. The second-order valence-electron chi connectivity index (χ2n) is 5.21. The fraction of sp³-hybridized carbons (Fsp3) is 0.923. The van der Waals surface area contributed by atoms with E-state index in [0.29, 0.717) is 13.2 Å². The van der Waals surface area contributed by atoms with E-state index in [-0.39, 0.29) is 10.8 Å². The number of amides is 2. The van der Waals surface area contributed by atoms with Gasteiger partial charge in [-0.1, -0.05) is 19.3 Å². The van der Waals surface area contributed by atoms with E-state index in [0.717, 1.165) is 19.6 Å². The van der Waals surface area contributed by atoms with Gasteiger partial charge in [-0.05, 0) is 19.1 Å². The molecule has 0 aromatic heterocycles. The molecule has 104 valence electrons. The van der Waals surface area contributed by atoms with Gasteiger partial charge in [-0.3, -0.25) is 0 Å². The van der Waals surface area contributed by atoms with Gasteiger partial charge < -0.3 is 15.0 Å². The lowest BCUT2D eigenvalue weighted by molar-refractivity contribution is 0.0530. The molecule has 0 atom stereocenters. The van der Waals surface area contributed by atoms with E-state index < -0.39 is 0 Å². The third-order valence-corrected chi connectivity index (χ3v) is 5.48. The third kappa shape index (κ3) is 3.54. The molecule has 0 aromatic carbocycles. The molecule has 2 fully saturated rings. The van der Waals surface area contributed by atoms with Gasteiger partial charge in [0.05, 0.1) is 13.2 Å². The quantitative estimate of drug-likeness (QED) is 0.855. The van der Waals surface area contributed by atoms with Crippen LogP contribution in [0.2, 0.25) is 0 Å². The molecule has 2 rings (SSSR count). The Kier molecular flexibility index (Phi) is 5.18. The average Bonchev–Trinajstić information content (AvgIpc) is 2.47. The molecule has 2 amide bonds. The van der Waals surface area contributed by atoms with E-state index in [4.69, 9.17) is 4.74 Å². The summed E-state index contributed by atoms with van der Waals surface area (Å²) in [5.41, 5.74) is 0. The lowest BCUT2D eigenvalue weighted by atomic mass is 9.88. The van der Waals surface area contributed by atoms with Crippen LogP contribution in [0, 0.1) is 0 Å². The van der Waals surface area contributed by atoms with Crippen molar-refractivity contribution in [3.63, 3.8) is 0 Å². The SMILES string of the molecule is CSC1(CNC(=O)N2CCOCC2)CCCCC1. The maximum Gasteiger partial charge on any atom is 0.317 e. The molecule has 0 spiro atoms. The Hall–Kier alpha value is -0.420. The summed E-state index contributed by atoms with van der Waals surface area (Å²) in [6.45, 7) is 3.59. The predicted molar refractivity (Wildman–Crippen MR) is 75.1 cm³/mol. The van der Waals surface area contributed by atoms with Crippen molar-refractivity contribution in [3.05, 3.63) is 0 Å². The fourth-order valence-corrected chi connectivity index (χ4v) is 3.68. The van der Waals surface area contributed by atoms with Crippen LogP contribution in [0.25, 0.3) is 0 Å². The molecule has 1 N–H and O–H groups in total. The minimum absolute atomic E-state index is 0.0808. The van der Waals surface area contributed by atoms with Crippen molar-refractivity contribution in [2.24, 2.45) is 0 Å². The number of nitrogens with one attached hydrogen (secondary N) is 1. The number of rotatable bonds is 3. The Balaban J connectivity index is 1.79. The summed E-state index contributed by atoms with van der Waals surface area (Å²) in [5.74, 6) is 0. The summed E-state index contributed by atoms with van der Waals surface area (Å²) in [5, 5.41) is 3.12. The highest BCUT2D eigenvalue weighted by atomic mass is 32.2. The molecule has 1 saturated carbocycles. The zero-order chi connectivity index (χ0) is 12.8. The number of thioether (sulfide) groups is 1. The van der Waals surface area contributed by atoms with E-state index in [2.05, 4.69) is 11.6 Å².